The molecular weight excluding hydrogens is 316 g/mol. The summed E-state index contributed by atoms with van der Waals surface area (Å²) < 4.78 is 0. The van der Waals surface area contributed by atoms with E-state index in [0.29, 0.717) is 17.0 Å². The maximum absolute atomic E-state index is 12.4. The zero-order valence-electron chi connectivity index (χ0n) is 12.6. The first-order valence-corrected chi connectivity index (χ1v) is 9.24. The lowest BCUT2D eigenvalue weighted by Crippen LogP contribution is -2.30. The molecule has 1 saturated heterocycles. The van der Waals surface area contributed by atoms with Gasteiger partial charge in [0.25, 0.3) is 0 Å². The zero-order valence-corrected chi connectivity index (χ0v) is 14.3. The first kappa shape index (κ1) is 14.3. The largest absolute Gasteiger partial charge is 0.383 e. The molecule has 1 saturated carbocycles. The number of thiophene rings is 1. The second-order valence-electron chi connectivity index (χ2n) is 6.01. The van der Waals surface area contributed by atoms with Crippen molar-refractivity contribution in [3.8, 4) is 0 Å². The lowest BCUT2D eigenvalue weighted by Gasteiger charge is -2.14. The number of hydrogen-bond acceptors (Lipinski definition) is 6. The van der Waals surface area contributed by atoms with Crippen LogP contribution in [0.5, 0.6) is 0 Å². The molecule has 2 aromatic rings. The fourth-order valence-corrected chi connectivity index (χ4v) is 5.08. The Bertz CT molecular complexity index is 768. The van der Waals surface area contributed by atoms with Crippen molar-refractivity contribution in [3.63, 3.8) is 0 Å². The maximum atomic E-state index is 12.4. The Morgan fingerprint density at radius 1 is 1.27 bits per heavy atom. The number of nitrogens with two attached hydrogens (primary N) is 1. The highest BCUT2D eigenvalue weighted by Gasteiger charge is 2.41. The first-order chi connectivity index (χ1) is 10.5. The monoisotopic (exact) mass is 334 g/mol. The summed E-state index contributed by atoms with van der Waals surface area (Å²) in [6.07, 6.45) is 3.20. The summed E-state index contributed by atoms with van der Waals surface area (Å²) in [5.74, 6) is 0.771. The van der Waals surface area contributed by atoms with Crippen LogP contribution in [0.2, 0.25) is 0 Å². The van der Waals surface area contributed by atoms with Gasteiger partial charge >= 0.3 is 0 Å². The van der Waals surface area contributed by atoms with Crippen LogP contribution in [0.4, 0.5) is 5.82 Å². The van der Waals surface area contributed by atoms with E-state index in [9.17, 15) is 4.79 Å². The molecule has 0 aromatic carbocycles. The number of thioether (sulfide) groups is 1. The van der Waals surface area contributed by atoms with Gasteiger partial charge in [0.05, 0.1) is 10.6 Å². The number of aryl methyl sites for hydroxylation is 2. The van der Waals surface area contributed by atoms with Gasteiger partial charge in [-0.2, -0.15) is 0 Å². The van der Waals surface area contributed by atoms with Crippen LogP contribution in [0.1, 0.15) is 29.7 Å². The number of hydrogen-bond donors (Lipinski definition) is 1. The minimum Gasteiger partial charge on any atom is -0.383 e. The Morgan fingerprint density at radius 2 is 2.05 bits per heavy atom. The quantitative estimate of drug-likeness (QED) is 0.874. The van der Waals surface area contributed by atoms with Crippen molar-refractivity contribution >= 4 is 45.0 Å². The van der Waals surface area contributed by atoms with E-state index >= 15 is 0 Å². The Balaban J connectivity index is 1.60. The molecule has 2 aromatic heterocycles. The van der Waals surface area contributed by atoms with Crippen molar-refractivity contribution in [1.82, 2.24) is 14.9 Å². The number of rotatable bonds is 3. The Hall–Kier alpha value is -1.34. The van der Waals surface area contributed by atoms with Gasteiger partial charge in [-0.25, -0.2) is 9.97 Å². The molecule has 5 nitrogen and oxygen atoms in total. The van der Waals surface area contributed by atoms with Crippen LogP contribution in [0.15, 0.2) is 5.16 Å². The second kappa shape index (κ2) is 5.09. The molecule has 116 valence electrons. The van der Waals surface area contributed by atoms with Gasteiger partial charge in [-0.05, 0) is 38.7 Å². The molecule has 1 amide bonds. The average Bonchev–Trinajstić information content (AvgIpc) is 3.18. The van der Waals surface area contributed by atoms with Crippen LogP contribution in [-0.2, 0) is 4.79 Å². The molecule has 22 heavy (non-hydrogen) atoms. The van der Waals surface area contributed by atoms with Crippen molar-refractivity contribution in [2.75, 3.05) is 12.3 Å². The SMILES string of the molecule is Cc1sc2nc(S[C@H]3CCN(C4CC4)C3=O)nc(N)c2c1C. The highest BCUT2D eigenvalue weighted by molar-refractivity contribution is 8.00. The molecule has 3 heterocycles. The fraction of sp³-hybridized carbons (Fsp3) is 0.533. The predicted molar refractivity (Wildman–Crippen MR) is 90.3 cm³/mol. The summed E-state index contributed by atoms with van der Waals surface area (Å²) in [5, 5.41) is 1.53. The van der Waals surface area contributed by atoms with Gasteiger partial charge in [0.2, 0.25) is 5.91 Å². The van der Waals surface area contributed by atoms with Crippen LogP contribution in [0.3, 0.4) is 0 Å². The van der Waals surface area contributed by atoms with Crippen LogP contribution < -0.4 is 5.73 Å². The molecule has 0 radical (unpaired) electrons. The molecule has 0 bridgehead atoms. The van der Waals surface area contributed by atoms with E-state index in [1.807, 2.05) is 4.90 Å². The van der Waals surface area contributed by atoms with Gasteiger partial charge in [-0.1, -0.05) is 11.8 Å². The van der Waals surface area contributed by atoms with Gasteiger partial charge < -0.3 is 10.6 Å². The third kappa shape index (κ3) is 2.27. The van der Waals surface area contributed by atoms with E-state index in [2.05, 4.69) is 23.8 Å². The summed E-state index contributed by atoms with van der Waals surface area (Å²) in [7, 11) is 0. The predicted octanol–water partition coefficient (Wildman–Crippen LogP) is 2.75. The standard InChI is InChI=1S/C15H18N4OS2/c1-7-8(2)21-13-11(7)12(16)17-15(18-13)22-10-5-6-19(14(10)20)9-3-4-9/h9-10H,3-6H2,1-2H3,(H2,16,17,18)/t10-/m0/s1. The number of fused-ring (bicyclic) bond motifs is 1. The molecule has 0 unspecified atom stereocenters. The van der Waals surface area contributed by atoms with Crippen LogP contribution in [0, 0.1) is 13.8 Å². The lowest BCUT2D eigenvalue weighted by atomic mass is 10.2. The Morgan fingerprint density at radius 3 is 2.77 bits per heavy atom. The van der Waals surface area contributed by atoms with E-state index < -0.39 is 0 Å². The second-order valence-corrected chi connectivity index (χ2v) is 8.39. The number of nitrogen functional groups attached to an aromatic ring is 1. The van der Waals surface area contributed by atoms with Crippen molar-refractivity contribution in [3.05, 3.63) is 10.4 Å². The van der Waals surface area contributed by atoms with Gasteiger partial charge in [0.1, 0.15) is 10.6 Å². The highest BCUT2D eigenvalue weighted by atomic mass is 32.2. The molecule has 1 atom stereocenters. The van der Waals surface area contributed by atoms with Crippen LogP contribution >= 0.6 is 23.1 Å². The Labute approximate surface area is 137 Å². The summed E-state index contributed by atoms with van der Waals surface area (Å²) >= 11 is 3.11. The van der Waals surface area contributed by atoms with Crippen molar-refractivity contribution in [2.24, 2.45) is 0 Å². The smallest absolute Gasteiger partial charge is 0.236 e. The van der Waals surface area contributed by atoms with Crippen molar-refractivity contribution in [1.29, 1.82) is 0 Å². The fourth-order valence-electron chi connectivity index (χ4n) is 2.97. The molecular formula is C15H18N4OS2. The van der Waals surface area contributed by atoms with E-state index in [1.165, 1.54) is 16.6 Å². The summed E-state index contributed by atoms with van der Waals surface area (Å²) in [4.78, 5) is 25.6. The minimum absolute atomic E-state index is 0.0559. The van der Waals surface area contributed by atoms with Gasteiger partial charge in [-0.3, -0.25) is 4.79 Å². The normalized spacial score (nSPS) is 22.0. The first-order valence-electron chi connectivity index (χ1n) is 7.55. The molecule has 2 fully saturated rings. The van der Waals surface area contributed by atoms with E-state index in [1.54, 1.807) is 11.3 Å². The number of anilines is 1. The number of carbonyl (C=O) groups is 1. The van der Waals surface area contributed by atoms with Crippen molar-refractivity contribution < 1.29 is 4.79 Å². The number of likely N-dealkylation sites (tertiary alicyclic amines) is 1. The number of carbonyl (C=O) groups excluding carboxylic acids is 1. The average molecular weight is 334 g/mol. The van der Waals surface area contributed by atoms with Gasteiger partial charge in [-0.15, -0.1) is 11.3 Å². The van der Waals surface area contributed by atoms with Crippen molar-refractivity contribution in [2.45, 2.75) is 49.6 Å². The van der Waals surface area contributed by atoms with Crippen LogP contribution in [0.25, 0.3) is 10.2 Å². The summed E-state index contributed by atoms with van der Waals surface area (Å²) in [6, 6.07) is 0.495. The third-order valence-electron chi connectivity index (χ3n) is 4.46. The van der Waals surface area contributed by atoms with Crippen LogP contribution in [-0.4, -0.2) is 38.6 Å². The topological polar surface area (TPSA) is 72.1 Å². The van der Waals surface area contributed by atoms with E-state index in [0.717, 1.165) is 41.6 Å². The molecule has 1 aliphatic heterocycles. The lowest BCUT2D eigenvalue weighted by molar-refractivity contribution is -0.127. The van der Waals surface area contributed by atoms with E-state index in [4.69, 9.17) is 5.73 Å². The minimum atomic E-state index is -0.0559. The Kier molecular flexibility index (Phi) is 3.30. The molecule has 7 heteroatoms. The molecule has 4 rings (SSSR count). The number of amides is 1. The molecule has 0 spiro atoms. The summed E-state index contributed by atoms with van der Waals surface area (Å²) in [5.41, 5.74) is 7.27. The number of aromatic nitrogens is 2. The molecule has 1 aliphatic carbocycles. The van der Waals surface area contributed by atoms with E-state index in [-0.39, 0.29) is 11.2 Å². The highest BCUT2D eigenvalue weighted by Crippen LogP contribution is 2.38. The van der Waals surface area contributed by atoms with Gasteiger partial charge in [0.15, 0.2) is 5.16 Å². The third-order valence-corrected chi connectivity index (χ3v) is 6.68. The summed E-state index contributed by atoms with van der Waals surface area (Å²) in [6.45, 7) is 4.99. The number of nitrogens with zero attached hydrogens (tertiary/aromatic N) is 3. The zero-order chi connectivity index (χ0) is 15.4. The molecule has 2 N–H and O–H groups in total. The maximum Gasteiger partial charge on any atom is 0.236 e. The van der Waals surface area contributed by atoms with Gasteiger partial charge in [0, 0.05) is 17.5 Å². The molecule has 2 aliphatic rings.